The lowest BCUT2D eigenvalue weighted by Crippen LogP contribution is -1.93. The van der Waals surface area contributed by atoms with Crippen LogP contribution < -0.4 is 4.74 Å². The van der Waals surface area contributed by atoms with Crippen LogP contribution in [0, 0.1) is 12.7 Å². The van der Waals surface area contributed by atoms with E-state index in [2.05, 4.69) is 31.2 Å². The molecule has 0 bridgehead atoms. The molecule has 122 valence electrons. The normalized spacial score (nSPS) is 10.6. The second-order valence-electron chi connectivity index (χ2n) is 5.60. The van der Waals surface area contributed by atoms with E-state index in [0.29, 0.717) is 5.75 Å². The zero-order chi connectivity index (χ0) is 16.9. The quantitative estimate of drug-likeness (QED) is 0.520. The Morgan fingerprint density at radius 3 is 2.29 bits per heavy atom. The van der Waals surface area contributed by atoms with E-state index in [4.69, 9.17) is 4.74 Å². The van der Waals surface area contributed by atoms with Crippen molar-refractivity contribution in [1.29, 1.82) is 0 Å². The zero-order valence-electron chi connectivity index (χ0n) is 13.8. The molecule has 0 N–H and O–H groups in total. The molecule has 1 nitrogen and oxygen atoms in total. The third-order valence-electron chi connectivity index (χ3n) is 3.92. The van der Waals surface area contributed by atoms with E-state index in [-0.39, 0.29) is 5.82 Å². The van der Waals surface area contributed by atoms with Crippen LogP contribution in [0.1, 0.15) is 11.1 Å². The molecule has 0 saturated heterocycles. The molecule has 0 fully saturated rings. The van der Waals surface area contributed by atoms with Gasteiger partial charge in [-0.15, -0.1) is 11.8 Å². The maximum absolute atomic E-state index is 14.4. The van der Waals surface area contributed by atoms with E-state index in [1.165, 1.54) is 11.6 Å². The van der Waals surface area contributed by atoms with Gasteiger partial charge in [0.2, 0.25) is 0 Å². The summed E-state index contributed by atoms with van der Waals surface area (Å²) in [6.45, 7) is 2.06. The Balaban J connectivity index is 1.87. The lowest BCUT2D eigenvalue weighted by molar-refractivity contribution is 0.415. The van der Waals surface area contributed by atoms with Crippen molar-refractivity contribution < 1.29 is 9.13 Å². The van der Waals surface area contributed by atoms with Crippen molar-refractivity contribution in [3.05, 3.63) is 83.7 Å². The maximum atomic E-state index is 14.4. The van der Waals surface area contributed by atoms with Gasteiger partial charge in [-0.25, -0.2) is 4.39 Å². The number of methoxy groups -OCH3 is 1. The highest BCUT2D eigenvalue weighted by molar-refractivity contribution is 7.98. The molecular weight excluding hydrogens is 319 g/mol. The molecule has 0 aromatic heterocycles. The number of hydrogen-bond acceptors (Lipinski definition) is 2. The minimum absolute atomic E-state index is 0.164. The Hall–Kier alpha value is -2.26. The van der Waals surface area contributed by atoms with Crippen LogP contribution in [0.5, 0.6) is 5.75 Å². The van der Waals surface area contributed by atoms with Crippen LogP contribution in [0.2, 0.25) is 0 Å². The smallest absolute Gasteiger partial charge is 0.127 e. The van der Waals surface area contributed by atoms with Gasteiger partial charge >= 0.3 is 0 Å². The predicted octanol–water partition coefficient (Wildman–Crippen LogP) is 6.10. The first-order valence-corrected chi connectivity index (χ1v) is 8.77. The molecular formula is C21H19FOS. The highest BCUT2D eigenvalue weighted by atomic mass is 32.2. The summed E-state index contributed by atoms with van der Waals surface area (Å²) in [4.78, 5) is 1.14. The van der Waals surface area contributed by atoms with Crippen LogP contribution >= 0.6 is 11.8 Å². The molecule has 24 heavy (non-hydrogen) atoms. The Bertz CT molecular complexity index is 810. The summed E-state index contributed by atoms with van der Waals surface area (Å²) in [5, 5.41) is 0. The second-order valence-corrected chi connectivity index (χ2v) is 6.64. The molecule has 0 atom stereocenters. The fourth-order valence-corrected chi connectivity index (χ4v) is 3.47. The maximum Gasteiger partial charge on any atom is 0.127 e. The number of hydrogen-bond donors (Lipinski definition) is 0. The summed E-state index contributed by atoms with van der Waals surface area (Å²) in [6, 6.07) is 21.3. The largest absolute Gasteiger partial charge is 0.497 e. The number of benzene rings is 3. The minimum Gasteiger partial charge on any atom is -0.497 e. The first kappa shape index (κ1) is 16.6. The van der Waals surface area contributed by atoms with Crippen LogP contribution in [0.25, 0.3) is 11.1 Å². The third-order valence-corrected chi connectivity index (χ3v) is 4.96. The van der Waals surface area contributed by atoms with Crippen LogP contribution in [0.3, 0.4) is 0 Å². The summed E-state index contributed by atoms with van der Waals surface area (Å²) in [7, 11) is 1.64. The van der Waals surface area contributed by atoms with E-state index in [1.807, 2.05) is 30.3 Å². The summed E-state index contributed by atoms with van der Waals surface area (Å²) < 4.78 is 19.6. The molecule has 0 spiro atoms. The third kappa shape index (κ3) is 3.80. The monoisotopic (exact) mass is 338 g/mol. The SMILES string of the molecule is COc1ccc(-c2cccc(F)c2CSc2ccc(C)cc2)cc1. The van der Waals surface area contributed by atoms with Crippen LogP contribution in [-0.4, -0.2) is 7.11 Å². The van der Waals surface area contributed by atoms with E-state index in [0.717, 1.165) is 27.3 Å². The van der Waals surface area contributed by atoms with Crippen molar-refractivity contribution >= 4 is 11.8 Å². The van der Waals surface area contributed by atoms with Crippen LogP contribution in [0.4, 0.5) is 4.39 Å². The molecule has 0 heterocycles. The number of rotatable bonds is 5. The van der Waals surface area contributed by atoms with Crippen molar-refractivity contribution in [2.45, 2.75) is 17.6 Å². The highest BCUT2D eigenvalue weighted by Crippen LogP contribution is 2.32. The topological polar surface area (TPSA) is 9.23 Å². The Labute approximate surface area is 146 Å². The zero-order valence-corrected chi connectivity index (χ0v) is 14.6. The van der Waals surface area contributed by atoms with Gasteiger partial charge in [-0.3, -0.25) is 0 Å². The van der Waals surface area contributed by atoms with Crippen molar-refractivity contribution in [2.24, 2.45) is 0 Å². The fourth-order valence-electron chi connectivity index (χ4n) is 2.54. The first-order chi connectivity index (χ1) is 11.7. The first-order valence-electron chi connectivity index (χ1n) is 7.78. The lowest BCUT2D eigenvalue weighted by atomic mass is 10.00. The van der Waals surface area contributed by atoms with Crippen LogP contribution in [0.15, 0.2) is 71.6 Å². The van der Waals surface area contributed by atoms with Gasteiger partial charge in [-0.2, -0.15) is 0 Å². The number of ether oxygens (including phenoxy) is 1. The average molecular weight is 338 g/mol. The molecule has 0 amide bonds. The number of aryl methyl sites for hydroxylation is 1. The van der Waals surface area contributed by atoms with Gasteiger partial charge in [-0.05, 0) is 48.4 Å². The molecule has 0 unspecified atom stereocenters. The molecule has 3 heteroatoms. The van der Waals surface area contributed by atoms with Gasteiger partial charge in [0.1, 0.15) is 11.6 Å². The van der Waals surface area contributed by atoms with Gasteiger partial charge in [0.25, 0.3) is 0 Å². The lowest BCUT2D eigenvalue weighted by Gasteiger charge is -2.12. The van der Waals surface area contributed by atoms with E-state index >= 15 is 0 Å². The van der Waals surface area contributed by atoms with E-state index in [9.17, 15) is 4.39 Å². The van der Waals surface area contributed by atoms with Gasteiger partial charge in [0.05, 0.1) is 7.11 Å². The number of thioether (sulfide) groups is 1. The minimum atomic E-state index is -0.164. The van der Waals surface area contributed by atoms with Crippen molar-refractivity contribution in [3.8, 4) is 16.9 Å². The standard InChI is InChI=1S/C21H19FOS/c1-15-6-12-18(13-7-15)24-14-20-19(4-3-5-21(20)22)16-8-10-17(23-2)11-9-16/h3-13H,14H2,1-2H3. The Morgan fingerprint density at radius 2 is 1.62 bits per heavy atom. The molecule has 0 aliphatic rings. The van der Waals surface area contributed by atoms with Gasteiger partial charge in [0.15, 0.2) is 0 Å². The fraction of sp³-hybridized carbons (Fsp3) is 0.143. The highest BCUT2D eigenvalue weighted by Gasteiger charge is 2.11. The van der Waals surface area contributed by atoms with Crippen molar-refractivity contribution in [2.75, 3.05) is 7.11 Å². The van der Waals surface area contributed by atoms with Crippen LogP contribution in [-0.2, 0) is 5.75 Å². The summed E-state index contributed by atoms with van der Waals surface area (Å²) in [6.07, 6.45) is 0. The number of halogens is 1. The van der Waals surface area contributed by atoms with Gasteiger partial charge in [0, 0.05) is 16.2 Å². The van der Waals surface area contributed by atoms with E-state index in [1.54, 1.807) is 24.9 Å². The molecule has 3 aromatic carbocycles. The molecule has 0 aliphatic heterocycles. The summed E-state index contributed by atoms with van der Waals surface area (Å²) >= 11 is 1.65. The molecule has 3 aromatic rings. The summed E-state index contributed by atoms with van der Waals surface area (Å²) in [5.41, 5.74) is 3.88. The van der Waals surface area contributed by atoms with Gasteiger partial charge < -0.3 is 4.74 Å². The Kier molecular flexibility index (Phi) is 5.21. The van der Waals surface area contributed by atoms with Gasteiger partial charge in [-0.1, -0.05) is 42.0 Å². The van der Waals surface area contributed by atoms with Crippen molar-refractivity contribution in [1.82, 2.24) is 0 Å². The Morgan fingerprint density at radius 1 is 0.917 bits per heavy atom. The molecule has 0 aliphatic carbocycles. The molecule has 0 saturated carbocycles. The second kappa shape index (κ2) is 7.54. The van der Waals surface area contributed by atoms with E-state index < -0.39 is 0 Å². The molecule has 0 radical (unpaired) electrons. The predicted molar refractivity (Wildman–Crippen MR) is 99.1 cm³/mol. The molecule has 3 rings (SSSR count). The average Bonchev–Trinajstić information content (AvgIpc) is 2.62. The van der Waals surface area contributed by atoms with Crippen molar-refractivity contribution in [3.63, 3.8) is 0 Å². The summed E-state index contributed by atoms with van der Waals surface area (Å²) in [5.74, 6) is 1.23.